The highest BCUT2D eigenvalue weighted by Gasteiger charge is 2.43. The standard InChI is InChI=1S/C21H19NO4/c1-13-6-5-7-14(10-13)22-17-12-26-21(24)20(17)16(11-19(22)23)15-8-3-4-9-18(15)25-2/h3-10,16H,11-12H2,1-2H3/t16-/m1/s1. The lowest BCUT2D eigenvalue weighted by atomic mass is 9.83. The number of hydrogen-bond acceptors (Lipinski definition) is 4. The van der Waals surface area contributed by atoms with Gasteiger partial charge in [-0.2, -0.15) is 0 Å². The van der Waals surface area contributed by atoms with Gasteiger partial charge in [-0.25, -0.2) is 4.79 Å². The molecule has 0 spiro atoms. The average molecular weight is 349 g/mol. The molecule has 2 aromatic rings. The van der Waals surface area contributed by atoms with E-state index in [0.717, 1.165) is 16.8 Å². The fourth-order valence-corrected chi connectivity index (χ4v) is 3.74. The largest absolute Gasteiger partial charge is 0.496 e. The topological polar surface area (TPSA) is 55.8 Å². The van der Waals surface area contributed by atoms with Crippen LogP contribution in [0.5, 0.6) is 5.75 Å². The van der Waals surface area contributed by atoms with Gasteiger partial charge in [0.1, 0.15) is 12.4 Å². The number of esters is 1. The number of carbonyl (C=O) groups is 2. The van der Waals surface area contributed by atoms with Crippen molar-refractivity contribution in [2.75, 3.05) is 18.6 Å². The number of hydrogen-bond donors (Lipinski definition) is 0. The third-order valence-corrected chi connectivity index (χ3v) is 4.89. The minimum Gasteiger partial charge on any atom is -0.496 e. The fourth-order valence-electron chi connectivity index (χ4n) is 3.74. The smallest absolute Gasteiger partial charge is 0.336 e. The van der Waals surface area contributed by atoms with Gasteiger partial charge in [-0.3, -0.25) is 9.69 Å². The van der Waals surface area contributed by atoms with Crippen LogP contribution in [0.4, 0.5) is 5.69 Å². The summed E-state index contributed by atoms with van der Waals surface area (Å²) in [4.78, 5) is 27.1. The van der Waals surface area contributed by atoms with Crippen LogP contribution < -0.4 is 9.64 Å². The third kappa shape index (κ3) is 2.56. The van der Waals surface area contributed by atoms with Crippen LogP contribution in [0.3, 0.4) is 0 Å². The van der Waals surface area contributed by atoms with Crippen molar-refractivity contribution in [1.82, 2.24) is 0 Å². The first-order chi connectivity index (χ1) is 12.6. The number of rotatable bonds is 3. The Morgan fingerprint density at radius 2 is 1.92 bits per heavy atom. The van der Waals surface area contributed by atoms with E-state index in [9.17, 15) is 9.59 Å². The van der Waals surface area contributed by atoms with Crippen molar-refractivity contribution >= 4 is 17.6 Å². The van der Waals surface area contributed by atoms with E-state index in [-0.39, 0.29) is 30.8 Å². The van der Waals surface area contributed by atoms with Crippen molar-refractivity contribution in [2.24, 2.45) is 0 Å². The number of nitrogens with zero attached hydrogens (tertiary/aromatic N) is 1. The predicted molar refractivity (Wildman–Crippen MR) is 97.0 cm³/mol. The van der Waals surface area contributed by atoms with Crippen molar-refractivity contribution in [3.8, 4) is 5.75 Å². The van der Waals surface area contributed by atoms with E-state index >= 15 is 0 Å². The van der Waals surface area contributed by atoms with E-state index in [1.807, 2.05) is 55.5 Å². The molecule has 0 radical (unpaired) electrons. The normalized spacial score (nSPS) is 19.5. The number of cyclic esters (lactones) is 1. The zero-order chi connectivity index (χ0) is 18.3. The number of ether oxygens (including phenoxy) is 2. The maximum atomic E-state index is 13.0. The van der Waals surface area contributed by atoms with Gasteiger partial charge in [0.2, 0.25) is 5.91 Å². The van der Waals surface area contributed by atoms with Gasteiger partial charge in [0, 0.05) is 23.6 Å². The molecule has 2 aromatic carbocycles. The van der Waals surface area contributed by atoms with Crippen LogP contribution in [0, 0.1) is 6.92 Å². The minimum atomic E-state index is -0.360. The highest BCUT2D eigenvalue weighted by Crippen LogP contribution is 2.44. The Balaban J connectivity index is 1.86. The number of para-hydroxylation sites is 1. The Morgan fingerprint density at radius 1 is 1.12 bits per heavy atom. The lowest BCUT2D eigenvalue weighted by Crippen LogP contribution is -2.37. The molecule has 0 aromatic heterocycles. The van der Waals surface area contributed by atoms with Crippen LogP contribution >= 0.6 is 0 Å². The second kappa shape index (κ2) is 6.33. The van der Waals surface area contributed by atoms with Crippen molar-refractivity contribution in [3.63, 3.8) is 0 Å². The van der Waals surface area contributed by atoms with E-state index in [1.165, 1.54) is 0 Å². The first-order valence-corrected chi connectivity index (χ1v) is 8.53. The molecular weight excluding hydrogens is 330 g/mol. The van der Waals surface area contributed by atoms with E-state index in [2.05, 4.69) is 0 Å². The Kier molecular flexibility index (Phi) is 3.99. The van der Waals surface area contributed by atoms with Crippen LogP contribution in [-0.2, 0) is 14.3 Å². The van der Waals surface area contributed by atoms with Gasteiger partial charge in [-0.1, -0.05) is 30.3 Å². The van der Waals surface area contributed by atoms with Gasteiger partial charge in [0.25, 0.3) is 0 Å². The number of anilines is 1. The van der Waals surface area contributed by atoms with Gasteiger partial charge >= 0.3 is 5.97 Å². The lowest BCUT2D eigenvalue weighted by molar-refractivity contribution is -0.136. The summed E-state index contributed by atoms with van der Waals surface area (Å²) >= 11 is 0. The minimum absolute atomic E-state index is 0.0523. The van der Waals surface area contributed by atoms with Crippen molar-refractivity contribution in [1.29, 1.82) is 0 Å². The first-order valence-electron chi connectivity index (χ1n) is 8.53. The van der Waals surface area contributed by atoms with Crippen LogP contribution in [0.2, 0.25) is 0 Å². The summed E-state index contributed by atoms with van der Waals surface area (Å²) in [6.45, 7) is 2.08. The highest BCUT2D eigenvalue weighted by molar-refractivity contribution is 6.06. The molecule has 2 aliphatic rings. The van der Waals surface area contributed by atoms with Crippen molar-refractivity contribution in [2.45, 2.75) is 19.3 Å². The maximum absolute atomic E-state index is 13.0. The number of carbonyl (C=O) groups excluding carboxylic acids is 2. The van der Waals surface area contributed by atoms with Crippen LogP contribution in [0.25, 0.3) is 0 Å². The molecule has 0 unspecified atom stereocenters. The van der Waals surface area contributed by atoms with Crippen molar-refractivity contribution in [3.05, 3.63) is 70.9 Å². The molecule has 132 valence electrons. The average Bonchev–Trinajstić information content (AvgIpc) is 3.02. The number of aryl methyl sites for hydroxylation is 1. The molecule has 26 heavy (non-hydrogen) atoms. The monoisotopic (exact) mass is 349 g/mol. The molecule has 4 rings (SSSR count). The third-order valence-electron chi connectivity index (χ3n) is 4.89. The van der Waals surface area contributed by atoms with Gasteiger partial charge in [-0.05, 0) is 30.7 Å². The quantitative estimate of drug-likeness (QED) is 0.798. The van der Waals surface area contributed by atoms with Crippen LogP contribution in [0.15, 0.2) is 59.8 Å². The molecule has 0 N–H and O–H groups in total. The molecule has 1 amide bonds. The highest BCUT2D eigenvalue weighted by atomic mass is 16.5. The molecule has 0 saturated carbocycles. The fraction of sp³-hybridized carbons (Fsp3) is 0.238. The first kappa shape index (κ1) is 16.4. The van der Waals surface area contributed by atoms with E-state index in [1.54, 1.807) is 12.0 Å². The Morgan fingerprint density at radius 3 is 2.69 bits per heavy atom. The molecule has 0 saturated heterocycles. The summed E-state index contributed by atoms with van der Waals surface area (Å²) in [5, 5.41) is 0. The molecule has 2 heterocycles. The van der Waals surface area contributed by atoms with Crippen LogP contribution in [-0.4, -0.2) is 25.6 Å². The van der Waals surface area contributed by atoms with Gasteiger partial charge in [0.05, 0.1) is 18.4 Å². The van der Waals surface area contributed by atoms with E-state index < -0.39 is 0 Å². The second-order valence-corrected chi connectivity index (χ2v) is 6.50. The molecule has 5 heteroatoms. The summed E-state index contributed by atoms with van der Waals surface area (Å²) in [5.41, 5.74) is 3.83. The zero-order valence-corrected chi connectivity index (χ0v) is 14.7. The molecule has 0 aliphatic carbocycles. The summed E-state index contributed by atoms with van der Waals surface area (Å²) in [5.74, 6) is -0.102. The van der Waals surface area contributed by atoms with Gasteiger partial charge in [-0.15, -0.1) is 0 Å². The second-order valence-electron chi connectivity index (χ2n) is 6.50. The predicted octanol–water partition coefficient (Wildman–Crippen LogP) is 3.34. The number of methoxy groups -OCH3 is 1. The van der Waals surface area contributed by atoms with Gasteiger partial charge < -0.3 is 9.47 Å². The number of amides is 1. The van der Waals surface area contributed by atoms with E-state index in [4.69, 9.17) is 9.47 Å². The molecule has 0 fully saturated rings. The SMILES string of the molecule is COc1ccccc1[C@H]1CC(=O)N(c2cccc(C)c2)C2=C1C(=O)OC2. The molecule has 0 bridgehead atoms. The molecule has 1 atom stereocenters. The maximum Gasteiger partial charge on any atom is 0.336 e. The molecular formula is C21H19NO4. The Bertz CT molecular complexity index is 931. The lowest BCUT2D eigenvalue weighted by Gasteiger charge is -2.32. The molecule has 5 nitrogen and oxygen atoms in total. The van der Waals surface area contributed by atoms with E-state index in [0.29, 0.717) is 17.0 Å². The summed E-state index contributed by atoms with van der Waals surface area (Å²) in [6.07, 6.45) is 0.197. The van der Waals surface area contributed by atoms with Crippen molar-refractivity contribution < 1.29 is 19.1 Å². The summed E-state index contributed by atoms with van der Waals surface area (Å²) < 4.78 is 10.8. The Hall–Kier alpha value is -3.08. The Labute approximate surface area is 151 Å². The summed E-state index contributed by atoms with van der Waals surface area (Å²) in [7, 11) is 1.59. The van der Waals surface area contributed by atoms with Gasteiger partial charge in [0.15, 0.2) is 0 Å². The zero-order valence-electron chi connectivity index (χ0n) is 14.7. The molecule has 2 aliphatic heterocycles. The van der Waals surface area contributed by atoms with Crippen LogP contribution in [0.1, 0.15) is 23.5 Å². The summed E-state index contributed by atoms with van der Waals surface area (Å²) in [6, 6.07) is 15.2. The number of benzene rings is 2.